The van der Waals surface area contributed by atoms with Crippen molar-refractivity contribution in [2.75, 3.05) is 31.5 Å². The highest BCUT2D eigenvalue weighted by atomic mass is 35.5. The molecule has 4 fully saturated rings. The number of amides is 4. The van der Waals surface area contributed by atoms with Crippen molar-refractivity contribution in [1.29, 1.82) is 0 Å². The van der Waals surface area contributed by atoms with Crippen LogP contribution in [-0.4, -0.2) is 97.5 Å². The minimum absolute atomic E-state index is 0.0369. The van der Waals surface area contributed by atoms with E-state index >= 15 is 0 Å². The molecule has 0 bridgehead atoms. The van der Waals surface area contributed by atoms with Crippen LogP contribution in [0.25, 0.3) is 11.3 Å². The molecule has 2 saturated heterocycles. The molecular weight excluding hydrogens is 681 g/mol. The van der Waals surface area contributed by atoms with Crippen LogP contribution in [0.4, 0.5) is 32.4 Å². The SMILES string of the molecule is Cn1c(-c2cn(CC3CC3(F)F)nc2C(F)(F)F)cnc1C(=O)Nc1ccc(C(=O)NC2[C@H]3CN(C(=O)N[C@H]4CNC[C@@H]4O)C[C@@H]23)c(Cl)c1. The van der Waals surface area contributed by atoms with Crippen molar-refractivity contribution in [2.45, 2.75) is 43.3 Å². The summed E-state index contributed by atoms with van der Waals surface area (Å²) in [6.45, 7) is 1.45. The van der Waals surface area contributed by atoms with Gasteiger partial charge in [-0.2, -0.15) is 18.3 Å². The Morgan fingerprint density at radius 3 is 2.45 bits per heavy atom. The lowest BCUT2D eigenvalue weighted by Gasteiger charge is -2.24. The van der Waals surface area contributed by atoms with Gasteiger partial charge in [-0.15, -0.1) is 0 Å². The van der Waals surface area contributed by atoms with Gasteiger partial charge in [-0.05, 0) is 18.2 Å². The molecule has 5 N–H and O–H groups in total. The molecule has 7 rings (SSSR count). The molecule has 2 aromatic heterocycles. The standard InChI is InChI=1S/C30H31ClF5N9O4/c1-43-21(18-12-45(9-13-5-29(13,32)33)42-24(18)30(34,35)36)7-38-25(43)27(48)39-14-2-3-15(19(31)4-14)26(47)41-23-16-10-44(11-17(16)23)28(49)40-20-6-37-8-22(20)46/h2-4,7,12-13,16-17,20,22-23,37,46H,5-6,8-11H2,1H3,(H,39,48)(H,40,49)(H,41,47)/t13?,16-,17+,20-,22-,23?/m0/s1. The number of imidazole rings is 1. The first kappa shape index (κ1) is 33.2. The molecule has 4 amide bonds. The van der Waals surface area contributed by atoms with Crippen LogP contribution in [0, 0.1) is 17.8 Å². The first-order chi connectivity index (χ1) is 23.1. The third-order valence-corrected chi connectivity index (χ3v) is 9.91. The first-order valence-electron chi connectivity index (χ1n) is 15.5. The van der Waals surface area contributed by atoms with E-state index in [1.54, 1.807) is 4.90 Å². The quantitative estimate of drug-likeness (QED) is 0.225. The van der Waals surface area contributed by atoms with Crippen molar-refractivity contribution < 1.29 is 41.4 Å². The molecule has 0 spiro atoms. The van der Waals surface area contributed by atoms with Gasteiger partial charge in [0.1, 0.15) is 0 Å². The maximum atomic E-state index is 13.8. The number of rotatable bonds is 8. The van der Waals surface area contributed by atoms with E-state index in [1.807, 2.05) is 0 Å². The van der Waals surface area contributed by atoms with Crippen molar-refractivity contribution in [3.8, 4) is 11.3 Å². The van der Waals surface area contributed by atoms with Gasteiger partial charge >= 0.3 is 12.2 Å². The maximum absolute atomic E-state index is 13.8. The number of nitrogens with one attached hydrogen (secondary N) is 4. The molecular formula is C30H31ClF5N9O4. The average Bonchev–Trinajstić information content (AvgIpc) is 3.46. The second-order valence-electron chi connectivity index (χ2n) is 13.0. The maximum Gasteiger partial charge on any atom is 0.435 e. The van der Waals surface area contributed by atoms with Gasteiger partial charge in [-0.25, -0.2) is 18.6 Å². The number of likely N-dealkylation sites (tertiary alicyclic amines) is 1. The molecule has 19 heteroatoms. The van der Waals surface area contributed by atoms with E-state index in [2.05, 4.69) is 31.3 Å². The minimum Gasteiger partial charge on any atom is -0.390 e. The largest absolute Gasteiger partial charge is 0.435 e. The Balaban J connectivity index is 0.961. The van der Waals surface area contributed by atoms with Crippen LogP contribution < -0.4 is 21.3 Å². The van der Waals surface area contributed by atoms with E-state index < -0.39 is 53.6 Å². The fourth-order valence-electron chi connectivity index (χ4n) is 6.64. The molecule has 2 saturated carbocycles. The number of nitrogens with zero attached hydrogens (tertiary/aromatic N) is 5. The van der Waals surface area contributed by atoms with Crippen LogP contribution in [0.15, 0.2) is 30.6 Å². The number of anilines is 1. The Labute approximate surface area is 280 Å². The van der Waals surface area contributed by atoms with E-state index in [9.17, 15) is 41.4 Å². The Kier molecular flexibility index (Phi) is 8.10. The summed E-state index contributed by atoms with van der Waals surface area (Å²) in [5.41, 5.74) is -1.46. The minimum atomic E-state index is -4.89. The number of fused-ring (bicyclic) bond motifs is 1. The topological polar surface area (TPSA) is 158 Å². The molecule has 4 heterocycles. The molecule has 49 heavy (non-hydrogen) atoms. The lowest BCUT2D eigenvalue weighted by Crippen LogP contribution is -2.49. The summed E-state index contributed by atoms with van der Waals surface area (Å²) in [5, 5.41) is 24.8. The summed E-state index contributed by atoms with van der Waals surface area (Å²) in [5.74, 6) is -5.32. The van der Waals surface area contributed by atoms with E-state index in [0.717, 1.165) is 21.6 Å². The number of alkyl halides is 5. The normalized spacial score (nSPS) is 26.7. The second kappa shape index (κ2) is 11.9. The van der Waals surface area contributed by atoms with Gasteiger partial charge < -0.3 is 35.8 Å². The third-order valence-electron chi connectivity index (χ3n) is 9.60. The average molecular weight is 712 g/mol. The molecule has 3 aromatic rings. The number of aromatic nitrogens is 4. The second-order valence-corrected chi connectivity index (χ2v) is 13.4. The van der Waals surface area contributed by atoms with Crippen LogP contribution in [0.1, 0.15) is 33.1 Å². The van der Waals surface area contributed by atoms with Crippen molar-refractivity contribution in [3.63, 3.8) is 0 Å². The van der Waals surface area contributed by atoms with Crippen molar-refractivity contribution in [2.24, 2.45) is 24.8 Å². The van der Waals surface area contributed by atoms with E-state index in [0.29, 0.717) is 26.2 Å². The summed E-state index contributed by atoms with van der Waals surface area (Å²) in [4.78, 5) is 44.3. The number of β-amino-alcohol motifs (C(OH)–C–C–N with tert-alkyl or cyclic N) is 1. The lowest BCUT2D eigenvalue weighted by molar-refractivity contribution is -0.141. The molecule has 1 aromatic carbocycles. The zero-order valence-electron chi connectivity index (χ0n) is 25.8. The van der Waals surface area contributed by atoms with Crippen LogP contribution in [-0.2, 0) is 19.8 Å². The number of carbonyl (C=O) groups excluding carboxylic acids is 3. The number of carbonyl (C=O) groups is 3. The van der Waals surface area contributed by atoms with Gasteiger partial charge in [-0.1, -0.05) is 11.6 Å². The van der Waals surface area contributed by atoms with Crippen molar-refractivity contribution in [3.05, 3.63) is 52.7 Å². The highest BCUT2D eigenvalue weighted by molar-refractivity contribution is 6.34. The highest BCUT2D eigenvalue weighted by Gasteiger charge is 2.58. The lowest BCUT2D eigenvalue weighted by atomic mass is 10.2. The van der Waals surface area contributed by atoms with Crippen LogP contribution in [0.3, 0.4) is 0 Å². The van der Waals surface area contributed by atoms with Crippen molar-refractivity contribution >= 4 is 35.1 Å². The Bertz CT molecular complexity index is 1820. The van der Waals surface area contributed by atoms with Crippen LogP contribution >= 0.6 is 11.6 Å². The Hall–Kier alpha value is -4.29. The number of aliphatic hydroxyl groups is 1. The van der Waals surface area contributed by atoms with Gasteiger partial charge in [0.2, 0.25) is 0 Å². The highest BCUT2D eigenvalue weighted by Crippen LogP contribution is 2.50. The number of piperidine rings is 1. The molecule has 262 valence electrons. The summed E-state index contributed by atoms with van der Waals surface area (Å²) in [6.07, 6.45) is -3.88. The first-order valence-corrected chi connectivity index (χ1v) is 15.9. The van der Waals surface area contributed by atoms with E-state index in [4.69, 9.17) is 11.6 Å². The number of urea groups is 1. The van der Waals surface area contributed by atoms with E-state index in [1.165, 1.54) is 25.2 Å². The van der Waals surface area contributed by atoms with E-state index in [-0.39, 0.29) is 64.3 Å². The molecule has 6 atom stereocenters. The summed E-state index contributed by atoms with van der Waals surface area (Å²) in [7, 11) is 1.33. The summed E-state index contributed by atoms with van der Waals surface area (Å²) in [6, 6.07) is 3.47. The zero-order valence-corrected chi connectivity index (χ0v) is 26.5. The van der Waals surface area contributed by atoms with Crippen LogP contribution in [0.2, 0.25) is 5.02 Å². The third kappa shape index (κ3) is 6.43. The number of benzene rings is 1. The number of halogens is 6. The summed E-state index contributed by atoms with van der Waals surface area (Å²) < 4.78 is 70.2. The predicted molar refractivity (Wildman–Crippen MR) is 163 cm³/mol. The molecule has 4 aliphatic rings. The predicted octanol–water partition coefficient (Wildman–Crippen LogP) is 2.57. The fraction of sp³-hybridized carbons (Fsp3) is 0.500. The van der Waals surface area contributed by atoms with Gasteiger partial charge in [-0.3, -0.25) is 14.3 Å². The van der Waals surface area contributed by atoms with Crippen LogP contribution in [0.5, 0.6) is 0 Å². The monoisotopic (exact) mass is 711 g/mol. The van der Waals surface area contributed by atoms with Gasteiger partial charge in [0.15, 0.2) is 11.5 Å². The zero-order chi connectivity index (χ0) is 35.0. The van der Waals surface area contributed by atoms with Crippen molar-refractivity contribution in [1.82, 2.24) is 40.2 Å². The van der Waals surface area contributed by atoms with Gasteiger partial charge in [0, 0.05) is 81.9 Å². The fourth-order valence-corrected chi connectivity index (χ4v) is 6.90. The number of aliphatic hydroxyl groups excluding tert-OH is 1. The smallest absolute Gasteiger partial charge is 0.390 e. The summed E-state index contributed by atoms with van der Waals surface area (Å²) >= 11 is 6.39. The Morgan fingerprint density at radius 1 is 1.12 bits per heavy atom. The number of hydrogen-bond acceptors (Lipinski definition) is 7. The van der Waals surface area contributed by atoms with Gasteiger partial charge in [0.05, 0.1) is 40.2 Å². The Morgan fingerprint density at radius 2 is 1.84 bits per heavy atom. The molecule has 2 aliphatic heterocycles. The van der Waals surface area contributed by atoms with Gasteiger partial charge in [0.25, 0.3) is 17.7 Å². The molecule has 0 radical (unpaired) electrons. The molecule has 2 unspecified atom stereocenters. The molecule has 13 nitrogen and oxygen atoms in total. The number of hydrogen-bond donors (Lipinski definition) is 5. The molecule has 2 aliphatic carbocycles.